The lowest BCUT2D eigenvalue weighted by Crippen LogP contribution is -2.17. The van der Waals surface area contributed by atoms with Gasteiger partial charge >= 0.3 is 0 Å². The van der Waals surface area contributed by atoms with Gasteiger partial charge < -0.3 is 0 Å². The van der Waals surface area contributed by atoms with Crippen molar-refractivity contribution in [3.63, 3.8) is 0 Å². The molecule has 0 fully saturated rings. The summed E-state index contributed by atoms with van der Waals surface area (Å²) in [5.74, 6) is 0. The van der Waals surface area contributed by atoms with Crippen LogP contribution < -0.4 is 5.56 Å². The fraction of sp³-hybridized carbons (Fsp3) is 0.0500. The molecule has 0 saturated heterocycles. The van der Waals surface area contributed by atoms with Crippen molar-refractivity contribution in [2.45, 2.75) is 6.92 Å². The van der Waals surface area contributed by atoms with Crippen molar-refractivity contribution in [3.05, 3.63) is 86.6 Å². The smallest absolute Gasteiger partial charge is 0.280 e. The van der Waals surface area contributed by atoms with Crippen LogP contribution in [-0.2, 0) is 0 Å². The molecular weight excluding hydrogens is 380 g/mol. The van der Waals surface area contributed by atoms with Gasteiger partial charge in [0.05, 0.1) is 16.9 Å². The van der Waals surface area contributed by atoms with E-state index in [4.69, 9.17) is 11.6 Å². The SMILES string of the molecule is Cc1[nH]n(-c2ccc(Cl)cc2)c(=O)c1/C=N/c1nc(-c2ccccc2)cs1. The molecule has 0 aliphatic carbocycles. The van der Waals surface area contributed by atoms with Gasteiger partial charge in [0.1, 0.15) is 0 Å². The highest BCUT2D eigenvalue weighted by Gasteiger charge is 2.11. The largest absolute Gasteiger partial charge is 0.295 e. The molecular formula is C20H15ClN4OS. The molecule has 0 aliphatic rings. The van der Waals surface area contributed by atoms with Crippen LogP contribution in [0.1, 0.15) is 11.3 Å². The Bertz CT molecular complexity index is 1160. The van der Waals surface area contributed by atoms with E-state index in [9.17, 15) is 4.79 Å². The number of aryl methyl sites for hydroxylation is 1. The van der Waals surface area contributed by atoms with E-state index in [0.29, 0.717) is 21.4 Å². The van der Waals surface area contributed by atoms with E-state index in [2.05, 4.69) is 15.1 Å². The summed E-state index contributed by atoms with van der Waals surface area (Å²) in [7, 11) is 0. The van der Waals surface area contributed by atoms with E-state index in [1.54, 1.807) is 30.5 Å². The monoisotopic (exact) mass is 394 g/mol. The number of aliphatic imine (C=N–C) groups is 1. The van der Waals surface area contributed by atoms with Crippen molar-refractivity contribution in [1.82, 2.24) is 14.8 Å². The number of thiazole rings is 1. The van der Waals surface area contributed by atoms with Crippen LogP contribution >= 0.6 is 22.9 Å². The predicted molar refractivity (Wildman–Crippen MR) is 111 cm³/mol. The molecule has 27 heavy (non-hydrogen) atoms. The predicted octanol–water partition coefficient (Wildman–Crippen LogP) is 5.00. The highest BCUT2D eigenvalue weighted by atomic mass is 35.5. The molecule has 7 heteroatoms. The summed E-state index contributed by atoms with van der Waals surface area (Å²) >= 11 is 7.35. The molecule has 0 bridgehead atoms. The van der Waals surface area contributed by atoms with Gasteiger partial charge in [-0.3, -0.25) is 9.89 Å². The summed E-state index contributed by atoms with van der Waals surface area (Å²) in [5.41, 5.74) is 3.70. The molecule has 0 unspecified atom stereocenters. The van der Waals surface area contributed by atoms with Crippen molar-refractivity contribution in [2.75, 3.05) is 0 Å². The fourth-order valence-electron chi connectivity index (χ4n) is 2.67. The van der Waals surface area contributed by atoms with Crippen LogP contribution in [0.25, 0.3) is 16.9 Å². The Labute approximate surface area is 164 Å². The normalized spacial score (nSPS) is 11.3. The number of H-pyrrole nitrogens is 1. The Balaban J connectivity index is 1.63. The number of halogens is 1. The van der Waals surface area contributed by atoms with E-state index in [1.807, 2.05) is 42.6 Å². The van der Waals surface area contributed by atoms with Crippen molar-refractivity contribution in [1.29, 1.82) is 0 Å². The molecule has 0 amide bonds. The molecule has 4 aromatic rings. The minimum Gasteiger partial charge on any atom is -0.295 e. The van der Waals surface area contributed by atoms with E-state index >= 15 is 0 Å². The maximum Gasteiger partial charge on any atom is 0.280 e. The second kappa shape index (κ2) is 7.34. The fourth-order valence-corrected chi connectivity index (χ4v) is 3.46. The highest BCUT2D eigenvalue weighted by molar-refractivity contribution is 7.13. The number of nitrogens with zero attached hydrogens (tertiary/aromatic N) is 3. The van der Waals surface area contributed by atoms with Gasteiger partial charge in [0, 0.05) is 27.9 Å². The molecule has 0 radical (unpaired) electrons. The first-order valence-corrected chi connectivity index (χ1v) is 9.50. The third-order valence-electron chi connectivity index (χ3n) is 4.07. The Morgan fingerprint density at radius 2 is 1.89 bits per heavy atom. The van der Waals surface area contributed by atoms with E-state index in [1.165, 1.54) is 16.0 Å². The Kier molecular flexibility index (Phi) is 4.75. The lowest BCUT2D eigenvalue weighted by atomic mass is 10.2. The van der Waals surface area contributed by atoms with Gasteiger partial charge in [-0.1, -0.05) is 41.9 Å². The van der Waals surface area contributed by atoms with Gasteiger partial charge in [-0.15, -0.1) is 11.3 Å². The van der Waals surface area contributed by atoms with E-state index in [0.717, 1.165) is 17.0 Å². The van der Waals surface area contributed by atoms with Crippen LogP contribution in [0.2, 0.25) is 5.02 Å². The molecule has 4 rings (SSSR count). The first kappa shape index (κ1) is 17.5. The summed E-state index contributed by atoms with van der Waals surface area (Å²) < 4.78 is 1.48. The lowest BCUT2D eigenvalue weighted by Gasteiger charge is -2.00. The summed E-state index contributed by atoms with van der Waals surface area (Å²) in [5, 5.41) is 6.25. The number of hydrogen-bond acceptors (Lipinski definition) is 4. The van der Waals surface area contributed by atoms with Crippen LogP contribution in [0.4, 0.5) is 5.13 Å². The van der Waals surface area contributed by atoms with Crippen LogP contribution in [0.3, 0.4) is 0 Å². The van der Waals surface area contributed by atoms with Crippen LogP contribution in [0, 0.1) is 6.92 Å². The zero-order valence-corrected chi connectivity index (χ0v) is 16.0. The molecule has 1 N–H and O–H groups in total. The van der Waals surface area contributed by atoms with Crippen LogP contribution in [0.5, 0.6) is 0 Å². The first-order valence-electron chi connectivity index (χ1n) is 8.24. The Hall–Kier alpha value is -2.96. The summed E-state index contributed by atoms with van der Waals surface area (Å²) in [6.07, 6.45) is 1.56. The molecule has 2 aromatic carbocycles. The molecule has 0 atom stereocenters. The van der Waals surface area contributed by atoms with Crippen molar-refractivity contribution in [3.8, 4) is 16.9 Å². The standard InChI is InChI=1S/C20H15ClN4OS/c1-13-17(19(26)25(24-13)16-9-7-15(21)8-10-16)11-22-20-23-18(12-27-20)14-5-3-2-4-6-14/h2-12,24H,1H3/b22-11+. The van der Waals surface area contributed by atoms with E-state index < -0.39 is 0 Å². The summed E-state index contributed by atoms with van der Waals surface area (Å²) in [6, 6.07) is 17.0. The minimum atomic E-state index is -0.168. The topological polar surface area (TPSA) is 63.0 Å². The van der Waals surface area contributed by atoms with Gasteiger partial charge in [0.15, 0.2) is 0 Å². The number of rotatable bonds is 4. The average Bonchev–Trinajstić information content (AvgIpc) is 3.27. The molecule has 2 heterocycles. The van der Waals surface area contributed by atoms with Gasteiger partial charge in [-0.25, -0.2) is 14.7 Å². The number of nitrogens with one attached hydrogen (secondary N) is 1. The average molecular weight is 395 g/mol. The molecule has 0 spiro atoms. The van der Waals surface area contributed by atoms with E-state index in [-0.39, 0.29) is 5.56 Å². The minimum absolute atomic E-state index is 0.168. The molecule has 0 saturated carbocycles. The third-order valence-corrected chi connectivity index (χ3v) is 5.07. The maximum atomic E-state index is 12.7. The summed E-state index contributed by atoms with van der Waals surface area (Å²) in [4.78, 5) is 21.6. The van der Waals surface area contributed by atoms with Gasteiger partial charge in [-0.05, 0) is 31.2 Å². The molecule has 2 aromatic heterocycles. The third kappa shape index (κ3) is 3.63. The Morgan fingerprint density at radius 3 is 2.63 bits per heavy atom. The number of benzene rings is 2. The van der Waals surface area contributed by atoms with Gasteiger partial charge in [-0.2, -0.15) is 0 Å². The Morgan fingerprint density at radius 1 is 1.15 bits per heavy atom. The zero-order valence-electron chi connectivity index (χ0n) is 14.4. The second-order valence-electron chi connectivity index (χ2n) is 5.91. The highest BCUT2D eigenvalue weighted by Crippen LogP contribution is 2.26. The molecule has 0 aliphatic heterocycles. The van der Waals surface area contributed by atoms with Crippen molar-refractivity contribution in [2.24, 2.45) is 4.99 Å². The van der Waals surface area contributed by atoms with Crippen molar-refractivity contribution >= 4 is 34.3 Å². The number of aromatic amines is 1. The van der Waals surface area contributed by atoms with Crippen LogP contribution in [0.15, 0.2) is 69.8 Å². The lowest BCUT2D eigenvalue weighted by molar-refractivity contribution is 0.835. The quantitative estimate of drug-likeness (QED) is 0.495. The molecule has 134 valence electrons. The number of aromatic nitrogens is 3. The van der Waals surface area contributed by atoms with Crippen molar-refractivity contribution < 1.29 is 0 Å². The van der Waals surface area contributed by atoms with Gasteiger partial charge in [0.25, 0.3) is 5.56 Å². The molecule has 5 nitrogen and oxygen atoms in total. The second-order valence-corrected chi connectivity index (χ2v) is 7.18. The maximum absolute atomic E-state index is 12.7. The first-order chi connectivity index (χ1) is 13.1. The summed E-state index contributed by atoms with van der Waals surface area (Å²) in [6.45, 7) is 1.84. The van der Waals surface area contributed by atoms with Crippen LogP contribution in [-0.4, -0.2) is 21.0 Å². The number of hydrogen-bond donors (Lipinski definition) is 1. The van der Waals surface area contributed by atoms with Gasteiger partial charge in [0.2, 0.25) is 5.13 Å². The zero-order chi connectivity index (χ0) is 18.8.